The number of amides is 1. The number of esters is 1. The van der Waals surface area contributed by atoms with Crippen LogP contribution in [0.2, 0.25) is 0 Å². The Labute approximate surface area is 265 Å². The van der Waals surface area contributed by atoms with Crippen molar-refractivity contribution in [3.63, 3.8) is 0 Å². The van der Waals surface area contributed by atoms with Gasteiger partial charge in [-0.05, 0) is 28.9 Å². The fraction of sp³-hybridized carbons (Fsp3) is 0.171. The highest BCUT2D eigenvalue weighted by molar-refractivity contribution is 7.96. The van der Waals surface area contributed by atoms with Crippen molar-refractivity contribution in [2.45, 2.75) is 25.5 Å². The third-order valence-corrected chi connectivity index (χ3v) is 13.0. The number of hydrogen-bond acceptors (Lipinski definition) is 7. The van der Waals surface area contributed by atoms with E-state index in [-0.39, 0.29) is 28.9 Å². The number of benzene rings is 3. The summed E-state index contributed by atoms with van der Waals surface area (Å²) < 4.78 is 5.72. The zero-order valence-corrected chi connectivity index (χ0v) is 26.2. The van der Waals surface area contributed by atoms with Crippen molar-refractivity contribution in [2.75, 3.05) is 6.61 Å². The molecule has 3 aromatic carbocycles. The molecule has 0 spiro atoms. The number of Topliss-reactive ketones (excluding diaryl/α,β-unsaturated/α-hetero) is 1. The van der Waals surface area contributed by atoms with Gasteiger partial charge in [-0.3, -0.25) is 9.59 Å². The molecule has 0 radical (unpaired) electrons. The number of aliphatic hydroxyl groups is 1. The summed E-state index contributed by atoms with van der Waals surface area (Å²) >= 11 is 0.997. The van der Waals surface area contributed by atoms with Crippen molar-refractivity contribution in [2.24, 2.45) is 5.92 Å². The molecule has 1 saturated heterocycles. The first-order chi connectivity index (χ1) is 21.7. The zero-order chi connectivity index (χ0) is 32.1. The number of aliphatic hydroxyl groups excluding tert-OH is 1. The lowest BCUT2D eigenvalue weighted by molar-refractivity contribution is -0.157. The average molecular weight is 642 g/mol. The van der Waals surface area contributed by atoms with Gasteiger partial charge in [0.15, 0.2) is 5.78 Å². The SMILES string of the molecule is C=CCOC(=O)C(N1C(=O)[C@H]([C@@H](C)O)[C@H]1CC(=O)c1cc(C(=O)O)cs1)=P(c1ccccc1)(c1ccccc1)c1ccccc1. The minimum Gasteiger partial charge on any atom is -0.478 e. The Balaban J connectivity index is 1.83. The molecule has 4 aromatic rings. The molecule has 1 aliphatic heterocycles. The van der Waals surface area contributed by atoms with Crippen LogP contribution in [0.15, 0.2) is 115 Å². The average Bonchev–Trinajstić information content (AvgIpc) is 3.56. The predicted molar refractivity (Wildman–Crippen MR) is 177 cm³/mol. The number of hydrogen-bond donors (Lipinski definition) is 2. The molecule has 8 nitrogen and oxygen atoms in total. The number of carboxylic acids is 1. The number of rotatable bonds is 12. The molecule has 2 heterocycles. The number of nitrogens with zero attached hydrogens (tertiary/aromatic N) is 1. The molecule has 1 aromatic heterocycles. The van der Waals surface area contributed by atoms with Crippen molar-refractivity contribution >= 4 is 63.2 Å². The van der Waals surface area contributed by atoms with E-state index in [2.05, 4.69) is 6.58 Å². The van der Waals surface area contributed by atoms with E-state index in [1.54, 1.807) is 0 Å². The van der Waals surface area contributed by atoms with Gasteiger partial charge in [0, 0.05) is 18.7 Å². The number of carbonyl (C=O) groups excluding carboxylic acids is 3. The van der Waals surface area contributed by atoms with Gasteiger partial charge in [0.05, 0.1) is 28.5 Å². The number of carboxylic acid groups (broad SMARTS) is 1. The maximum atomic E-state index is 14.4. The summed E-state index contributed by atoms with van der Waals surface area (Å²) in [7, 11) is 0. The van der Waals surface area contributed by atoms with Gasteiger partial charge >= 0.3 is 11.9 Å². The fourth-order valence-electron chi connectivity index (χ4n) is 5.82. The van der Waals surface area contributed by atoms with Crippen LogP contribution in [0, 0.1) is 5.92 Å². The molecule has 2 N–H and O–H groups in total. The van der Waals surface area contributed by atoms with E-state index in [0.29, 0.717) is 0 Å². The molecular weight excluding hydrogens is 609 g/mol. The number of ether oxygens (including phenoxy) is 1. The van der Waals surface area contributed by atoms with E-state index in [1.807, 2.05) is 91.0 Å². The van der Waals surface area contributed by atoms with Crippen LogP contribution in [0.1, 0.15) is 33.4 Å². The van der Waals surface area contributed by atoms with Crippen molar-refractivity contribution < 1.29 is 34.1 Å². The largest absolute Gasteiger partial charge is 0.478 e. The van der Waals surface area contributed by atoms with E-state index in [4.69, 9.17) is 4.74 Å². The fourth-order valence-corrected chi connectivity index (χ4v) is 11.1. The first-order valence-electron chi connectivity index (χ1n) is 14.3. The normalized spacial score (nSPS) is 16.8. The molecule has 0 saturated carbocycles. The van der Waals surface area contributed by atoms with Crippen LogP contribution in [0.5, 0.6) is 0 Å². The number of aromatic carboxylic acids is 1. The Morgan fingerprint density at radius 1 is 0.956 bits per heavy atom. The third kappa shape index (κ3) is 5.94. The smallest absolute Gasteiger partial charge is 0.356 e. The summed E-state index contributed by atoms with van der Waals surface area (Å²) in [5.41, 5.74) is 0.0736. The highest BCUT2D eigenvalue weighted by Gasteiger charge is 2.55. The molecule has 1 aliphatic rings. The van der Waals surface area contributed by atoms with Crippen LogP contribution < -0.4 is 15.9 Å². The first kappa shape index (κ1) is 31.9. The minimum absolute atomic E-state index is 0.0144. The lowest BCUT2D eigenvalue weighted by Crippen LogP contribution is -2.68. The molecule has 45 heavy (non-hydrogen) atoms. The summed E-state index contributed by atoms with van der Waals surface area (Å²) in [5.74, 6) is -3.77. The summed E-state index contributed by atoms with van der Waals surface area (Å²) in [6.45, 7) is 1.86. The summed E-state index contributed by atoms with van der Waals surface area (Å²) in [6, 6.07) is 28.8. The zero-order valence-electron chi connectivity index (χ0n) is 24.5. The van der Waals surface area contributed by atoms with Crippen LogP contribution in [0.4, 0.5) is 0 Å². The Hall–Kier alpha value is -4.56. The quantitative estimate of drug-likeness (QED) is 0.0787. The Morgan fingerprint density at radius 2 is 1.47 bits per heavy atom. The minimum atomic E-state index is -3.19. The Bertz CT molecular complexity index is 1680. The van der Waals surface area contributed by atoms with Gasteiger partial charge in [-0.15, -0.1) is 11.3 Å². The summed E-state index contributed by atoms with van der Waals surface area (Å²) in [5, 5.41) is 23.9. The molecule has 1 fully saturated rings. The number of likely N-dealkylation sites (tertiary alicyclic amines) is 1. The molecule has 1 amide bonds. The monoisotopic (exact) mass is 641 g/mol. The maximum Gasteiger partial charge on any atom is 0.356 e. The van der Waals surface area contributed by atoms with E-state index in [0.717, 1.165) is 27.3 Å². The van der Waals surface area contributed by atoms with E-state index in [1.165, 1.54) is 29.3 Å². The summed E-state index contributed by atoms with van der Waals surface area (Å²) in [6.07, 6.45) is 0.0857. The molecule has 10 heteroatoms. The number of ketones is 1. The van der Waals surface area contributed by atoms with Crippen LogP contribution in [0.3, 0.4) is 0 Å². The highest BCUT2D eigenvalue weighted by Crippen LogP contribution is 2.50. The number of β-lactam (4-membered cyclic amide) rings is 1. The topological polar surface area (TPSA) is 121 Å². The molecular formula is C35H32NO7PS. The van der Waals surface area contributed by atoms with Gasteiger partial charge in [-0.1, -0.05) is 104 Å². The molecule has 5 rings (SSSR count). The molecule has 230 valence electrons. The van der Waals surface area contributed by atoms with E-state index < -0.39 is 48.6 Å². The van der Waals surface area contributed by atoms with Crippen LogP contribution >= 0.6 is 18.2 Å². The second-order valence-corrected chi connectivity index (χ2v) is 14.8. The second kappa shape index (κ2) is 13.6. The molecule has 3 atom stereocenters. The van der Waals surface area contributed by atoms with Crippen molar-refractivity contribution in [1.29, 1.82) is 0 Å². The molecule has 0 bridgehead atoms. The Morgan fingerprint density at radius 3 is 1.89 bits per heavy atom. The van der Waals surface area contributed by atoms with E-state index >= 15 is 0 Å². The van der Waals surface area contributed by atoms with Gasteiger partial charge in [-0.25, -0.2) is 9.59 Å². The lowest BCUT2D eigenvalue weighted by atomic mass is 9.80. The van der Waals surface area contributed by atoms with Gasteiger partial charge in [0.2, 0.25) is 5.91 Å². The standard InChI is InChI=1S/C35H32NO7PS/c1-3-19-43-35(42)33(36-28(31(23(2)37)32(36)39)21-29(38)30-20-24(22-45-30)34(40)41)44(25-13-7-4-8-14-25,26-15-9-5-10-16-26)27-17-11-6-12-18-27/h3-18,20,22-23,28,31,37H,1,19,21H2,2H3,(H,40,41)/t23-,28-,31-/m1/s1. The second-order valence-electron chi connectivity index (χ2n) is 10.6. The van der Waals surface area contributed by atoms with Gasteiger partial charge in [0.25, 0.3) is 0 Å². The number of thiophene rings is 1. The maximum absolute atomic E-state index is 14.4. The molecule has 0 unspecified atom stereocenters. The van der Waals surface area contributed by atoms with Gasteiger partial charge in [-0.2, -0.15) is 0 Å². The van der Waals surface area contributed by atoms with Crippen LogP contribution in [-0.2, 0) is 14.3 Å². The third-order valence-electron chi connectivity index (χ3n) is 7.80. The highest BCUT2D eigenvalue weighted by atomic mass is 32.1. The van der Waals surface area contributed by atoms with Crippen molar-refractivity contribution in [1.82, 2.24) is 4.90 Å². The van der Waals surface area contributed by atoms with Crippen molar-refractivity contribution in [3.8, 4) is 0 Å². The van der Waals surface area contributed by atoms with Gasteiger partial charge < -0.3 is 19.8 Å². The van der Waals surface area contributed by atoms with Crippen molar-refractivity contribution in [3.05, 3.63) is 126 Å². The lowest BCUT2D eigenvalue weighted by Gasteiger charge is -2.50. The first-order valence-corrected chi connectivity index (χ1v) is 17.0. The Kier molecular flexibility index (Phi) is 9.63. The van der Waals surface area contributed by atoms with E-state index in [9.17, 15) is 29.4 Å². The van der Waals surface area contributed by atoms with Crippen LogP contribution in [0.25, 0.3) is 0 Å². The number of carbonyl (C=O) groups is 4. The molecule has 0 aliphatic carbocycles. The summed E-state index contributed by atoms with van der Waals surface area (Å²) in [4.78, 5) is 55.2. The predicted octanol–water partition coefficient (Wildman–Crippen LogP) is 4.08. The van der Waals surface area contributed by atoms with Crippen LogP contribution in [-0.4, -0.2) is 62.9 Å². The van der Waals surface area contributed by atoms with Gasteiger partial charge in [0.1, 0.15) is 12.0 Å².